The van der Waals surface area contributed by atoms with Gasteiger partial charge in [-0.05, 0) is 19.3 Å². The maximum atomic E-state index is 13.0. The number of imidazole rings is 1. The van der Waals surface area contributed by atoms with Crippen molar-refractivity contribution in [3.05, 3.63) is 18.2 Å². The molecule has 0 saturated carbocycles. The summed E-state index contributed by atoms with van der Waals surface area (Å²) >= 11 is 0. The maximum absolute atomic E-state index is 13.0. The molecule has 212 valence electrons. The molecule has 37 heavy (non-hydrogen) atoms. The number of aromatic nitrogens is 2. The summed E-state index contributed by atoms with van der Waals surface area (Å²) in [7, 11) is 0. The second-order valence-corrected chi connectivity index (χ2v) is 10.4. The fourth-order valence-corrected chi connectivity index (χ4v) is 4.37. The van der Waals surface area contributed by atoms with E-state index < -0.39 is 24.0 Å². The van der Waals surface area contributed by atoms with Crippen LogP contribution in [0.2, 0.25) is 0 Å². The number of rotatable bonds is 22. The highest BCUT2D eigenvalue weighted by molar-refractivity contribution is 5.91. The van der Waals surface area contributed by atoms with Gasteiger partial charge in [-0.25, -0.2) is 9.78 Å². The zero-order chi connectivity index (χ0) is 27.3. The topological polar surface area (TPSA) is 113 Å². The molecule has 0 spiro atoms. The summed E-state index contributed by atoms with van der Waals surface area (Å²) in [6.45, 7) is 7.91. The van der Waals surface area contributed by atoms with Gasteiger partial charge < -0.3 is 20.4 Å². The molecule has 1 rings (SSSR count). The van der Waals surface area contributed by atoms with E-state index in [4.69, 9.17) is 4.74 Å². The SMILES string of the molecule is CCCCCCCCCCCCCCCC(=O)NC(Cc1c[nH]cn1)C(=O)NC(C(=O)OCC)C(C)C. The Morgan fingerprint density at radius 3 is 1.92 bits per heavy atom. The van der Waals surface area contributed by atoms with Crippen LogP contribution in [-0.2, 0) is 25.5 Å². The van der Waals surface area contributed by atoms with Gasteiger partial charge in [0, 0.05) is 19.0 Å². The first kappa shape index (κ1) is 32.6. The molecule has 0 aliphatic carbocycles. The Morgan fingerprint density at radius 1 is 0.865 bits per heavy atom. The van der Waals surface area contributed by atoms with Gasteiger partial charge in [0.05, 0.1) is 18.6 Å². The number of carbonyl (C=O) groups excluding carboxylic acids is 3. The minimum absolute atomic E-state index is 0.143. The first-order chi connectivity index (χ1) is 17.9. The van der Waals surface area contributed by atoms with E-state index in [1.165, 1.54) is 70.5 Å². The first-order valence-electron chi connectivity index (χ1n) is 14.6. The number of hydrogen-bond acceptors (Lipinski definition) is 5. The van der Waals surface area contributed by atoms with Crippen molar-refractivity contribution in [3.63, 3.8) is 0 Å². The van der Waals surface area contributed by atoms with Gasteiger partial charge in [0.2, 0.25) is 11.8 Å². The van der Waals surface area contributed by atoms with Crippen molar-refractivity contribution in [2.45, 2.75) is 136 Å². The summed E-state index contributed by atoms with van der Waals surface area (Å²) in [4.78, 5) is 45.0. The molecule has 2 unspecified atom stereocenters. The Kier molecular flexibility index (Phi) is 18.2. The van der Waals surface area contributed by atoms with E-state index in [1.807, 2.05) is 13.8 Å². The Morgan fingerprint density at radius 2 is 1.43 bits per heavy atom. The number of nitrogens with zero attached hydrogens (tertiary/aromatic N) is 1. The van der Waals surface area contributed by atoms with Crippen molar-refractivity contribution in [1.29, 1.82) is 0 Å². The third-order valence-electron chi connectivity index (χ3n) is 6.63. The fourth-order valence-electron chi connectivity index (χ4n) is 4.37. The lowest BCUT2D eigenvalue weighted by Crippen LogP contribution is -2.54. The molecule has 0 aromatic carbocycles. The molecule has 8 nitrogen and oxygen atoms in total. The maximum Gasteiger partial charge on any atom is 0.328 e. The lowest BCUT2D eigenvalue weighted by atomic mass is 10.0. The average molecular weight is 521 g/mol. The van der Waals surface area contributed by atoms with Crippen LogP contribution in [0, 0.1) is 5.92 Å². The highest BCUT2D eigenvalue weighted by Gasteiger charge is 2.30. The van der Waals surface area contributed by atoms with Crippen LogP contribution in [-0.4, -0.2) is 46.4 Å². The summed E-state index contributed by atoms with van der Waals surface area (Å²) in [5.41, 5.74) is 0.665. The van der Waals surface area contributed by atoms with Crippen molar-refractivity contribution < 1.29 is 19.1 Å². The zero-order valence-corrected chi connectivity index (χ0v) is 23.8. The van der Waals surface area contributed by atoms with Crippen molar-refractivity contribution in [2.75, 3.05) is 6.61 Å². The highest BCUT2D eigenvalue weighted by Crippen LogP contribution is 2.13. The molecule has 3 N–H and O–H groups in total. The summed E-state index contributed by atoms with van der Waals surface area (Å²) in [6.07, 6.45) is 20.1. The second kappa shape index (κ2) is 20.7. The third kappa shape index (κ3) is 15.5. The molecule has 1 aromatic rings. The predicted molar refractivity (Wildman–Crippen MR) is 148 cm³/mol. The minimum Gasteiger partial charge on any atom is -0.464 e. The van der Waals surface area contributed by atoms with Gasteiger partial charge in [-0.3, -0.25) is 9.59 Å². The zero-order valence-electron chi connectivity index (χ0n) is 23.8. The normalized spacial score (nSPS) is 12.8. The molecule has 1 aromatic heterocycles. The van der Waals surface area contributed by atoms with Gasteiger partial charge in [0.25, 0.3) is 0 Å². The first-order valence-corrected chi connectivity index (χ1v) is 14.6. The Labute approximate surface area is 224 Å². The summed E-state index contributed by atoms with van der Waals surface area (Å²) in [5.74, 6) is -1.18. The van der Waals surface area contributed by atoms with Crippen LogP contribution in [0.1, 0.15) is 123 Å². The number of amides is 2. The minimum atomic E-state index is -0.812. The third-order valence-corrected chi connectivity index (χ3v) is 6.63. The standard InChI is InChI=1S/C29H52N4O4/c1-5-7-8-9-10-11-12-13-14-15-16-17-18-19-26(34)32-25(20-24-21-30-22-31-24)28(35)33-27(23(3)4)29(36)37-6-2/h21-23,25,27H,5-20H2,1-4H3,(H,30,31)(H,32,34)(H,33,35). The molecule has 2 amide bonds. The number of ether oxygens (including phenoxy) is 1. The number of hydrogen-bond donors (Lipinski definition) is 3. The van der Waals surface area contributed by atoms with E-state index in [0.717, 1.165) is 19.3 Å². The van der Waals surface area contributed by atoms with Crippen molar-refractivity contribution in [2.24, 2.45) is 5.92 Å². The number of unbranched alkanes of at least 4 members (excludes halogenated alkanes) is 12. The summed E-state index contributed by atoms with van der Waals surface area (Å²) < 4.78 is 5.11. The average Bonchev–Trinajstić information content (AvgIpc) is 3.38. The number of nitrogens with one attached hydrogen (secondary N) is 3. The lowest BCUT2D eigenvalue weighted by molar-refractivity contribution is -0.149. The van der Waals surface area contributed by atoms with Crippen LogP contribution < -0.4 is 10.6 Å². The number of aromatic amines is 1. The molecule has 0 aliphatic heterocycles. The molecule has 0 bridgehead atoms. The number of H-pyrrole nitrogens is 1. The quantitative estimate of drug-likeness (QED) is 0.136. The van der Waals surface area contributed by atoms with Gasteiger partial charge in [0.15, 0.2) is 0 Å². The molecule has 8 heteroatoms. The van der Waals surface area contributed by atoms with Crippen LogP contribution >= 0.6 is 0 Å². The Hall–Kier alpha value is -2.38. The smallest absolute Gasteiger partial charge is 0.328 e. The number of carbonyl (C=O) groups is 3. The van der Waals surface area contributed by atoms with Gasteiger partial charge in [0.1, 0.15) is 12.1 Å². The van der Waals surface area contributed by atoms with E-state index in [9.17, 15) is 14.4 Å². The van der Waals surface area contributed by atoms with E-state index in [2.05, 4.69) is 27.5 Å². The van der Waals surface area contributed by atoms with Crippen LogP contribution in [0.25, 0.3) is 0 Å². The van der Waals surface area contributed by atoms with Gasteiger partial charge >= 0.3 is 5.97 Å². The lowest BCUT2D eigenvalue weighted by Gasteiger charge is -2.24. The molecule has 0 radical (unpaired) electrons. The monoisotopic (exact) mass is 520 g/mol. The van der Waals surface area contributed by atoms with E-state index in [1.54, 1.807) is 13.1 Å². The van der Waals surface area contributed by atoms with Gasteiger partial charge in [-0.2, -0.15) is 0 Å². The molecule has 1 heterocycles. The van der Waals surface area contributed by atoms with Gasteiger partial charge in [-0.1, -0.05) is 97.8 Å². The van der Waals surface area contributed by atoms with E-state index >= 15 is 0 Å². The Balaban J connectivity index is 2.36. The van der Waals surface area contributed by atoms with Crippen molar-refractivity contribution in [3.8, 4) is 0 Å². The molecule has 0 fully saturated rings. The fraction of sp³-hybridized carbons (Fsp3) is 0.793. The van der Waals surface area contributed by atoms with Crippen LogP contribution in [0.4, 0.5) is 0 Å². The predicted octanol–water partition coefficient (Wildman–Crippen LogP) is 5.62. The largest absolute Gasteiger partial charge is 0.464 e. The summed E-state index contributed by atoms with van der Waals surface area (Å²) in [6, 6.07) is -1.58. The number of esters is 1. The second-order valence-electron chi connectivity index (χ2n) is 10.4. The highest BCUT2D eigenvalue weighted by atomic mass is 16.5. The molecular formula is C29H52N4O4. The molecular weight excluding hydrogens is 468 g/mol. The van der Waals surface area contributed by atoms with E-state index in [-0.39, 0.29) is 24.9 Å². The van der Waals surface area contributed by atoms with Crippen molar-refractivity contribution in [1.82, 2.24) is 20.6 Å². The Bertz CT molecular complexity index is 736. The van der Waals surface area contributed by atoms with Crippen LogP contribution in [0.5, 0.6) is 0 Å². The van der Waals surface area contributed by atoms with Gasteiger partial charge in [-0.15, -0.1) is 0 Å². The molecule has 0 aliphatic rings. The molecule has 2 atom stereocenters. The molecule has 0 saturated heterocycles. The van der Waals surface area contributed by atoms with Crippen LogP contribution in [0.15, 0.2) is 12.5 Å². The van der Waals surface area contributed by atoms with Crippen molar-refractivity contribution >= 4 is 17.8 Å². The van der Waals surface area contributed by atoms with E-state index in [0.29, 0.717) is 12.1 Å². The van der Waals surface area contributed by atoms with Crippen LogP contribution in [0.3, 0.4) is 0 Å². The summed E-state index contributed by atoms with van der Waals surface area (Å²) in [5, 5.41) is 5.63.